The van der Waals surface area contributed by atoms with Crippen LogP contribution >= 0.6 is 0 Å². The van der Waals surface area contributed by atoms with E-state index in [0.717, 1.165) is 6.07 Å². The first-order chi connectivity index (χ1) is 12.0. The van der Waals surface area contributed by atoms with Crippen LogP contribution in [0.1, 0.15) is 24.0 Å². The fraction of sp³-hybridized carbons (Fsp3) is 0.316. The average Bonchev–Trinajstić information content (AvgIpc) is 2.55. The van der Waals surface area contributed by atoms with Gasteiger partial charge in [0.2, 0.25) is 5.91 Å². The molecule has 25 heavy (non-hydrogen) atoms. The normalized spacial score (nSPS) is 16.4. The molecule has 132 valence electrons. The molecule has 1 aliphatic heterocycles. The van der Waals surface area contributed by atoms with Crippen molar-refractivity contribution in [3.63, 3.8) is 0 Å². The second-order valence-electron chi connectivity index (χ2n) is 6.21. The van der Waals surface area contributed by atoms with E-state index in [2.05, 4.69) is 5.32 Å². The standard InChI is InChI=1S/C19H19F2NO3/c20-14-4-5-16(17(21)12-14)19(6-8-25-9-7-19)22-18(24)11-13-2-1-3-15(23)10-13/h1-5,10,12,23H,6-9,11H2,(H,22,24). The molecule has 2 N–H and O–H groups in total. The molecule has 1 amide bonds. The van der Waals surface area contributed by atoms with Gasteiger partial charge in [-0.2, -0.15) is 0 Å². The molecule has 0 saturated carbocycles. The van der Waals surface area contributed by atoms with E-state index in [1.165, 1.54) is 24.3 Å². The number of benzene rings is 2. The number of aromatic hydroxyl groups is 1. The maximum absolute atomic E-state index is 14.3. The minimum absolute atomic E-state index is 0.0554. The van der Waals surface area contributed by atoms with E-state index in [1.54, 1.807) is 12.1 Å². The number of rotatable bonds is 4. The molecule has 0 radical (unpaired) electrons. The second-order valence-corrected chi connectivity index (χ2v) is 6.21. The van der Waals surface area contributed by atoms with Crippen molar-refractivity contribution in [2.24, 2.45) is 0 Å². The predicted molar refractivity (Wildman–Crippen MR) is 88.0 cm³/mol. The molecule has 0 aliphatic carbocycles. The highest BCUT2D eigenvalue weighted by Gasteiger charge is 2.38. The van der Waals surface area contributed by atoms with Crippen molar-refractivity contribution in [3.05, 3.63) is 65.2 Å². The van der Waals surface area contributed by atoms with E-state index in [1.807, 2.05) is 0 Å². The third kappa shape index (κ3) is 3.96. The summed E-state index contributed by atoms with van der Waals surface area (Å²) >= 11 is 0. The van der Waals surface area contributed by atoms with Gasteiger partial charge in [0.1, 0.15) is 17.4 Å². The van der Waals surface area contributed by atoms with Crippen LogP contribution in [0.3, 0.4) is 0 Å². The fourth-order valence-corrected chi connectivity index (χ4v) is 3.22. The molecule has 1 fully saturated rings. The Hall–Kier alpha value is -2.47. The summed E-state index contributed by atoms with van der Waals surface area (Å²) in [5.74, 6) is -1.55. The van der Waals surface area contributed by atoms with E-state index in [0.29, 0.717) is 31.6 Å². The summed E-state index contributed by atoms with van der Waals surface area (Å²) in [6.45, 7) is 0.756. The molecular formula is C19H19F2NO3. The largest absolute Gasteiger partial charge is 0.508 e. The Morgan fingerprint density at radius 3 is 2.60 bits per heavy atom. The zero-order valence-corrected chi connectivity index (χ0v) is 13.6. The highest BCUT2D eigenvalue weighted by Crippen LogP contribution is 2.34. The molecule has 0 spiro atoms. The van der Waals surface area contributed by atoms with Gasteiger partial charge in [0.15, 0.2) is 0 Å². The molecule has 0 bridgehead atoms. The number of carbonyl (C=O) groups excluding carboxylic acids is 1. The third-order valence-corrected chi connectivity index (χ3v) is 4.45. The Morgan fingerprint density at radius 1 is 1.16 bits per heavy atom. The number of hydrogen-bond acceptors (Lipinski definition) is 3. The summed E-state index contributed by atoms with van der Waals surface area (Å²) in [7, 11) is 0. The maximum atomic E-state index is 14.3. The van der Waals surface area contributed by atoms with Crippen molar-refractivity contribution in [1.29, 1.82) is 0 Å². The highest BCUT2D eigenvalue weighted by molar-refractivity contribution is 5.79. The number of halogens is 2. The van der Waals surface area contributed by atoms with Crippen LogP contribution in [-0.2, 0) is 21.5 Å². The quantitative estimate of drug-likeness (QED) is 0.894. The summed E-state index contributed by atoms with van der Waals surface area (Å²) in [5, 5.41) is 12.4. The minimum Gasteiger partial charge on any atom is -0.508 e. The maximum Gasteiger partial charge on any atom is 0.225 e. The van der Waals surface area contributed by atoms with Crippen LogP contribution in [0.2, 0.25) is 0 Å². The van der Waals surface area contributed by atoms with E-state index >= 15 is 0 Å². The lowest BCUT2D eigenvalue weighted by atomic mass is 9.82. The number of phenolic OH excluding ortho intramolecular Hbond substituents is 1. The summed E-state index contributed by atoms with van der Waals surface area (Å²) in [4.78, 5) is 12.5. The highest BCUT2D eigenvalue weighted by atomic mass is 19.1. The predicted octanol–water partition coefficient (Wildman–Crippen LogP) is 3.04. The smallest absolute Gasteiger partial charge is 0.225 e. The SMILES string of the molecule is O=C(Cc1cccc(O)c1)NC1(c2ccc(F)cc2F)CCOCC1. The van der Waals surface area contributed by atoms with Gasteiger partial charge >= 0.3 is 0 Å². The van der Waals surface area contributed by atoms with E-state index in [9.17, 15) is 18.7 Å². The minimum atomic E-state index is -0.927. The molecule has 1 saturated heterocycles. The number of hydrogen-bond donors (Lipinski definition) is 2. The van der Waals surface area contributed by atoms with Gasteiger partial charge in [0.05, 0.1) is 12.0 Å². The summed E-state index contributed by atoms with van der Waals surface area (Å²) < 4.78 is 32.9. The molecule has 6 heteroatoms. The van der Waals surface area contributed by atoms with E-state index in [4.69, 9.17) is 4.74 Å². The van der Waals surface area contributed by atoms with Gasteiger partial charge in [-0.25, -0.2) is 8.78 Å². The van der Waals surface area contributed by atoms with Gasteiger partial charge < -0.3 is 15.2 Å². The van der Waals surface area contributed by atoms with Crippen molar-refractivity contribution in [2.75, 3.05) is 13.2 Å². The topological polar surface area (TPSA) is 58.6 Å². The van der Waals surface area contributed by atoms with Gasteiger partial charge in [-0.3, -0.25) is 4.79 Å². The lowest BCUT2D eigenvalue weighted by Crippen LogP contribution is -2.50. The number of carbonyl (C=O) groups is 1. The monoisotopic (exact) mass is 347 g/mol. The molecule has 1 aliphatic rings. The van der Waals surface area contributed by atoms with Crippen LogP contribution in [-0.4, -0.2) is 24.2 Å². The van der Waals surface area contributed by atoms with Crippen LogP contribution in [0.15, 0.2) is 42.5 Å². The molecule has 0 atom stereocenters. The van der Waals surface area contributed by atoms with Crippen molar-refractivity contribution in [2.45, 2.75) is 24.8 Å². The lowest BCUT2D eigenvalue weighted by Gasteiger charge is -2.38. The Labute approximate surface area is 144 Å². The number of nitrogens with one attached hydrogen (secondary N) is 1. The molecule has 3 rings (SSSR count). The zero-order chi connectivity index (χ0) is 17.9. The van der Waals surface area contributed by atoms with Gasteiger partial charge in [0.25, 0.3) is 0 Å². The first kappa shape index (κ1) is 17.4. The van der Waals surface area contributed by atoms with Crippen LogP contribution in [0, 0.1) is 11.6 Å². The Kier molecular flexibility index (Phi) is 4.99. The van der Waals surface area contributed by atoms with Crippen molar-refractivity contribution in [3.8, 4) is 5.75 Å². The number of phenols is 1. The van der Waals surface area contributed by atoms with Crippen molar-refractivity contribution >= 4 is 5.91 Å². The summed E-state index contributed by atoms with van der Waals surface area (Å²) in [6, 6.07) is 9.82. The van der Waals surface area contributed by atoms with E-state index in [-0.39, 0.29) is 23.6 Å². The molecule has 1 heterocycles. The second kappa shape index (κ2) is 7.19. The summed E-state index contributed by atoms with van der Waals surface area (Å²) in [5.41, 5.74) is -0.00929. The van der Waals surface area contributed by atoms with Crippen molar-refractivity contribution < 1.29 is 23.4 Å². The van der Waals surface area contributed by atoms with Crippen LogP contribution in [0.5, 0.6) is 5.75 Å². The fourth-order valence-electron chi connectivity index (χ4n) is 3.22. The molecule has 0 unspecified atom stereocenters. The van der Waals surface area contributed by atoms with Gasteiger partial charge in [-0.1, -0.05) is 18.2 Å². The van der Waals surface area contributed by atoms with Gasteiger partial charge in [-0.15, -0.1) is 0 Å². The molecule has 0 aromatic heterocycles. The Morgan fingerprint density at radius 2 is 1.92 bits per heavy atom. The molecule has 4 nitrogen and oxygen atoms in total. The van der Waals surface area contributed by atoms with Crippen LogP contribution in [0.4, 0.5) is 8.78 Å². The first-order valence-corrected chi connectivity index (χ1v) is 8.11. The first-order valence-electron chi connectivity index (χ1n) is 8.11. The van der Waals surface area contributed by atoms with Crippen molar-refractivity contribution in [1.82, 2.24) is 5.32 Å². The molecular weight excluding hydrogens is 328 g/mol. The summed E-state index contributed by atoms with van der Waals surface area (Å²) in [6.07, 6.45) is 0.864. The lowest BCUT2D eigenvalue weighted by molar-refractivity contribution is -0.123. The Balaban J connectivity index is 1.84. The van der Waals surface area contributed by atoms with Gasteiger partial charge in [-0.05, 0) is 36.6 Å². The number of amides is 1. The van der Waals surface area contributed by atoms with Gasteiger partial charge in [0, 0.05) is 24.8 Å². The average molecular weight is 347 g/mol. The van der Waals surface area contributed by atoms with Crippen LogP contribution in [0.25, 0.3) is 0 Å². The third-order valence-electron chi connectivity index (χ3n) is 4.45. The molecule has 2 aromatic carbocycles. The zero-order valence-electron chi connectivity index (χ0n) is 13.6. The van der Waals surface area contributed by atoms with Crippen LogP contribution < -0.4 is 5.32 Å². The van der Waals surface area contributed by atoms with E-state index < -0.39 is 17.2 Å². The molecule has 2 aromatic rings. The number of ether oxygens (including phenoxy) is 1. The Bertz CT molecular complexity index is 773.